The third kappa shape index (κ3) is 2.81. The first kappa shape index (κ1) is 15.2. The van der Waals surface area contributed by atoms with E-state index < -0.39 is 26.2 Å². The Morgan fingerprint density at radius 2 is 1.05 bits per heavy atom. The molecular formula is C7H9F6O5P. The summed E-state index contributed by atoms with van der Waals surface area (Å²) in [5.41, 5.74) is 0. The summed E-state index contributed by atoms with van der Waals surface area (Å²) in [7, 11) is -5.22. The molecule has 0 aromatic heterocycles. The van der Waals surface area contributed by atoms with Gasteiger partial charge in [0.15, 0.2) is 0 Å². The van der Waals surface area contributed by atoms with E-state index in [1.165, 1.54) is 0 Å². The predicted octanol–water partition coefficient (Wildman–Crippen LogP) is 2.72. The van der Waals surface area contributed by atoms with Crippen molar-refractivity contribution >= 4 is 7.74 Å². The molecule has 19 heavy (non-hydrogen) atoms. The Labute approximate surface area is 103 Å². The molecule has 114 valence electrons. The molecule has 0 radical (unpaired) electrons. The summed E-state index contributed by atoms with van der Waals surface area (Å²) in [6, 6.07) is 0. The van der Waals surface area contributed by atoms with Crippen molar-refractivity contribution in [2.24, 2.45) is 0 Å². The zero-order valence-electron chi connectivity index (χ0n) is 9.16. The topological polar surface area (TPSA) is 46.2 Å². The average Bonchev–Trinajstić information content (AvgIpc) is 2.84. The second kappa shape index (κ2) is 4.40. The zero-order valence-corrected chi connectivity index (χ0v) is 10.1. The molecule has 2 saturated heterocycles. The molecule has 2 fully saturated rings. The first-order chi connectivity index (χ1) is 8.57. The van der Waals surface area contributed by atoms with Crippen LogP contribution >= 0.6 is 7.74 Å². The Kier molecular flexibility index (Phi) is 3.52. The fourth-order valence-electron chi connectivity index (χ4n) is 1.57. The van der Waals surface area contributed by atoms with Crippen molar-refractivity contribution < 1.29 is 49.0 Å². The van der Waals surface area contributed by atoms with E-state index >= 15 is 0 Å². The van der Waals surface area contributed by atoms with E-state index in [0.29, 0.717) is 0 Å². The predicted molar refractivity (Wildman–Crippen MR) is 47.7 cm³/mol. The van der Waals surface area contributed by atoms with Gasteiger partial charge in [-0.15, -0.1) is 0 Å². The molecule has 12 heteroatoms. The first-order valence-electron chi connectivity index (χ1n) is 5.01. The normalized spacial score (nSPS) is 28.7. The van der Waals surface area contributed by atoms with Crippen LogP contribution in [-0.2, 0) is 22.6 Å². The van der Waals surface area contributed by atoms with E-state index in [1.54, 1.807) is 0 Å². The molecule has 0 unspecified atom stereocenters. The molecule has 2 aliphatic heterocycles. The summed E-state index contributed by atoms with van der Waals surface area (Å²) in [5, 5.41) is 0. The molecule has 0 aromatic rings. The number of halogens is 6. The summed E-state index contributed by atoms with van der Waals surface area (Å²) < 4.78 is 97.8. The minimum absolute atomic E-state index is 0.278. The van der Waals surface area contributed by atoms with Crippen molar-refractivity contribution in [3.05, 3.63) is 0 Å². The molecule has 1 spiro atoms. The average molecular weight is 318 g/mol. The fraction of sp³-hybridized carbons (Fsp3) is 1.00. The minimum atomic E-state index is -5.70. The monoisotopic (exact) mass is 318 g/mol. The van der Waals surface area contributed by atoms with E-state index in [2.05, 4.69) is 4.52 Å². The van der Waals surface area contributed by atoms with Gasteiger partial charge >= 0.3 is 102 Å². The molecule has 0 aliphatic carbocycles. The van der Waals surface area contributed by atoms with Crippen LogP contribution in [0.15, 0.2) is 0 Å². The van der Waals surface area contributed by atoms with Gasteiger partial charge in [-0.25, -0.2) is 0 Å². The van der Waals surface area contributed by atoms with Crippen molar-refractivity contribution in [3.8, 4) is 0 Å². The summed E-state index contributed by atoms with van der Waals surface area (Å²) in [5.74, 6) is 0. The summed E-state index contributed by atoms with van der Waals surface area (Å²) in [4.78, 5) is 0. The summed E-state index contributed by atoms with van der Waals surface area (Å²) in [6.45, 7) is -1.11. The van der Waals surface area contributed by atoms with Crippen molar-refractivity contribution in [2.45, 2.75) is 18.5 Å². The molecule has 0 N–H and O–H groups in total. The molecule has 0 atom stereocenters. The van der Waals surface area contributed by atoms with Crippen molar-refractivity contribution in [1.29, 1.82) is 0 Å². The molecule has 2 heterocycles. The molecule has 0 bridgehead atoms. The van der Waals surface area contributed by atoms with Crippen LogP contribution in [0.1, 0.15) is 0 Å². The first-order valence-corrected chi connectivity index (χ1v) is 6.84. The molecule has 0 saturated carbocycles. The zero-order chi connectivity index (χ0) is 14.4. The van der Waals surface area contributed by atoms with Crippen LogP contribution in [0, 0.1) is 0 Å². The van der Waals surface area contributed by atoms with Gasteiger partial charge in [0.2, 0.25) is 0 Å². The Hall–Kier alpha value is -0.190. The van der Waals surface area contributed by atoms with Gasteiger partial charge in [-0.3, -0.25) is 0 Å². The van der Waals surface area contributed by atoms with Crippen LogP contribution in [0.2, 0.25) is 0 Å². The van der Waals surface area contributed by atoms with Gasteiger partial charge in [0.25, 0.3) is 0 Å². The van der Waals surface area contributed by atoms with Gasteiger partial charge < -0.3 is 0 Å². The van der Waals surface area contributed by atoms with Gasteiger partial charge in [-0.05, 0) is 0 Å². The van der Waals surface area contributed by atoms with E-state index in [4.69, 9.17) is 18.1 Å². The van der Waals surface area contributed by atoms with Crippen LogP contribution in [-0.4, -0.2) is 44.9 Å². The quantitative estimate of drug-likeness (QED) is 0.579. The van der Waals surface area contributed by atoms with Gasteiger partial charge in [-0.2, -0.15) is 0 Å². The number of hydrogen-bond acceptors (Lipinski definition) is 5. The van der Waals surface area contributed by atoms with E-state index in [-0.39, 0.29) is 26.4 Å². The van der Waals surface area contributed by atoms with Crippen LogP contribution in [0.25, 0.3) is 0 Å². The van der Waals surface area contributed by atoms with Crippen molar-refractivity contribution in [3.63, 3.8) is 0 Å². The van der Waals surface area contributed by atoms with Gasteiger partial charge in [0, 0.05) is 0 Å². The Balaban J connectivity index is 2.30. The number of rotatable bonds is 2. The fourth-order valence-corrected chi connectivity index (χ4v) is 4.33. The molecule has 0 amide bonds. The van der Waals surface area contributed by atoms with Gasteiger partial charge in [0.05, 0.1) is 0 Å². The molecule has 0 aromatic carbocycles. The molecule has 5 nitrogen and oxygen atoms in total. The van der Waals surface area contributed by atoms with E-state index in [0.717, 1.165) is 0 Å². The summed E-state index contributed by atoms with van der Waals surface area (Å²) >= 11 is 0. The number of alkyl halides is 6. The second-order valence-electron chi connectivity index (χ2n) is 3.65. The van der Waals surface area contributed by atoms with Gasteiger partial charge in [-0.1, -0.05) is 0 Å². The Morgan fingerprint density at radius 3 is 1.32 bits per heavy atom. The Morgan fingerprint density at radius 1 is 0.737 bits per heavy atom. The van der Waals surface area contributed by atoms with E-state index in [1.807, 2.05) is 0 Å². The SMILES string of the molecule is FC(F)(F)C(OP12(OCCO1)OCCO2)C(F)(F)F. The maximum atomic E-state index is 12.5. The molecule has 2 rings (SSSR count). The van der Waals surface area contributed by atoms with Crippen molar-refractivity contribution in [2.75, 3.05) is 26.4 Å². The third-order valence-corrected chi connectivity index (χ3v) is 5.22. The van der Waals surface area contributed by atoms with Crippen LogP contribution < -0.4 is 0 Å². The van der Waals surface area contributed by atoms with Crippen LogP contribution in [0.3, 0.4) is 0 Å². The van der Waals surface area contributed by atoms with Gasteiger partial charge in [0.1, 0.15) is 0 Å². The molecular weight excluding hydrogens is 309 g/mol. The van der Waals surface area contributed by atoms with E-state index in [9.17, 15) is 26.3 Å². The second-order valence-corrected chi connectivity index (χ2v) is 6.38. The Bertz CT molecular complexity index is 307. The van der Waals surface area contributed by atoms with Crippen LogP contribution in [0.5, 0.6) is 0 Å². The maximum absolute atomic E-state index is 12.5. The van der Waals surface area contributed by atoms with Crippen LogP contribution in [0.4, 0.5) is 26.3 Å². The standard InChI is InChI=1S/C7H9F6O5P/c8-6(9,10)5(7(11,12)13)18-19(14-1-2-15-19)16-3-4-17-19/h5H,1-4H2. The third-order valence-electron chi connectivity index (χ3n) is 2.25. The van der Waals surface area contributed by atoms with Crippen molar-refractivity contribution in [1.82, 2.24) is 0 Å². The summed E-state index contributed by atoms with van der Waals surface area (Å²) in [6.07, 6.45) is -15.5. The number of hydrogen-bond donors (Lipinski definition) is 0. The molecule has 2 aliphatic rings.